The molecule has 3 N–H and O–H groups in total. The van der Waals surface area contributed by atoms with Crippen LogP contribution in [-0.4, -0.2) is 96.7 Å². The summed E-state index contributed by atoms with van der Waals surface area (Å²) in [6.07, 6.45) is 76.2. The van der Waals surface area contributed by atoms with Gasteiger partial charge in [-0.2, -0.15) is 0 Å². The fraction of sp³-hybridized carbons (Fsp3) is 0.696. The van der Waals surface area contributed by atoms with Crippen molar-refractivity contribution in [2.24, 2.45) is 0 Å². The largest absolute Gasteiger partial charge is 0.472 e. The van der Waals surface area contributed by atoms with E-state index in [0.29, 0.717) is 25.7 Å². The van der Waals surface area contributed by atoms with Gasteiger partial charge in [-0.1, -0.05) is 239 Å². The molecule has 562 valence electrons. The molecule has 5 unspecified atom stereocenters. The second-order valence-corrected chi connectivity index (χ2v) is 27.7. The van der Waals surface area contributed by atoms with E-state index in [1.54, 1.807) is 0 Å². The average Bonchev–Trinajstić information content (AvgIpc) is 1.04. The maximum Gasteiger partial charge on any atom is 0.472 e. The van der Waals surface area contributed by atoms with Gasteiger partial charge in [-0.05, 0) is 154 Å². The molecule has 0 aromatic rings. The van der Waals surface area contributed by atoms with E-state index < -0.39 is 97.5 Å². The van der Waals surface area contributed by atoms with Crippen molar-refractivity contribution in [1.29, 1.82) is 0 Å². The zero-order chi connectivity index (χ0) is 71.8. The van der Waals surface area contributed by atoms with E-state index in [2.05, 4.69) is 149 Å². The number of hydrogen-bond acceptors (Lipinski definition) is 15. The number of rotatable bonds is 70. The van der Waals surface area contributed by atoms with Gasteiger partial charge in [0.1, 0.15) is 19.3 Å². The average molecular weight is 1420 g/mol. The lowest BCUT2D eigenvalue weighted by Gasteiger charge is -2.21. The number of phosphoric acid groups is 2. The fourth-order valence-electron chi connectivity index (χ4n) is 9.66. The molecule has 0 rings (SSSR count). The van der Waals surface area contributed by atoms with Gasteiger partial charge >= 0.3 is 39.5 Å². The van der Waals surface area contributed by atoms with E-state index in [1.807, 2.05) is 0 Å². The number of carbonyl (C=O) groups excluding carboxylic acids is 4. The van der Waals surface area contributed by atoms with E-state index in [4.69, 9.17) is 37.0 Å². The Balaban J connectivity index is 5.41. The highest BCUT2D eigenvalue weighted by atomic mass is 31.2. The standard InChI is InChI=1S/C79H134O17P2/c1-5-9-13-17-21-25-29-33-36-40-43-47-51-55-59-63-76(81)89-69-74(95-78(83)65-61-57-53-49-45-39-32-28-24-20-16-12-8-4)71-93-97(85,86)91-67-73(80)68-92-98(87,88)94-72-75(96-79(84)66-62-58-54-50-46-42-38-35-31-27-23-19-15-11-7-3)70-90-77(82)64-60-56-52-48-44-41-37-34-30-26-22-18-14-10-6-2/h10-11,14-15,21-23,25-28,32-38,44,48,73-75,80H,5-9,12-13,16-20,24,29-31,39-43,45-47,49-72H2,1-4H3,(H,85,86)(H,87,88)/b14-10-,15-11-,25-21-,26-22-,27-23-,32-28-,36-33-,37-34-,38-35-,48-44-. The van der Waals surface area contributed by atoms with Crippen LogP contribution in [0.5, 0.6) is 0 Å². The SMILES string of the molecule is CC/C=C\C/C=C\C/C=C\C/C=C\CCCCC(=O)OCC(COP(=O)(O)OCC(O)COP(=O)(O)OCC(COC(=O)CCCCCCC/C=C\C/C=C\CCCCC)OC(=O)CCCCCCC/C=C\CCCCCC)OC(=O)CCCCCCC/C=C\C/C=C\C/C=C\CC. The summed E-state index contributed by atoms with van der Waals surface area (Å²) in [7, 11) is -9.97. The molecule has 0 saturated heterocycles. The number of hydrogen-bond donors (Lipinski definition) is 3. The summed E-state index contributed by atoms with van der Waals surface area (Å²) in [6.45, 7) is 4.51. The minimum atomic E-state index is -4.99. The molecule has 0 aliphatic heterocycles. The minimum Gasteiger partial charge on any atom is -0.462 e. The third-order valence-electron chi connectivity index (χ3n) is 15.4. The first-order valence-corrected chi connectivity index (χ1v) is 40.8. The van der Waals surface area contributed by atoms with Crippen LogP contribution < -0.4 is 0 Å². The van der Waals surface area contributed by atoms with Crippen molar-refractivity contribution in [3.63, 3.8) is 0 Å². The van der Waals surface area contributed by atoms with Crippen molar-refractivity contribution in [3.05, 3.63) is 122 Å². The Morgan fingerprint density at radius 2 is 0.531 bits per heavy atom. The molecular formula is C79H134O17P2. The number of unbranched alkanes of at least 4 members (excludes halogenated alkanes) is 24. The third kappa shape index (κ3) is 69.9. The van der Waals surface area contributed by atoms with Crippen LogP contribution in [0.2, 0.25) is 0 Å². The van der Waals surface area contributed by atoms with Crippen molar-refractivity contribution >= 4 is 39.5 Å². The van der Waals surface area contributed by atoms with Crippen LogP contribution in [0, 0.1) is 0 Å². The van der Waals surface area contributed by atoms with E-state index in [9.17, 15) is 43.2 Å². The van der Waals surface area contributed by atoms with Gasteiger partial charge in [0.15, 0.2) is 12.2 Å². The number of aliphatic hydroxyl groups is 1. The van der Waals surface area contributed by atoms with E-state index in [0.717, 1.165) is 173 Å². The number of aliphatic hydroxyl groups excluding tert-OH is 1. The lowest BCUT2D eigenvalue weighted by Crippen LogP contribution is -2.30. The molecule has 0 bridgehead atoms. The molecule has 19 heteroatoms. The smallest absolute Gasteiger partial charge is 0.462 e. The van der Waals surface area contributed by atoms with Crippen LogP contribution in [0.3, 0.4) is 0 Å². The Morgan fingerprint density at radius 1 is 0.296 bits per heavy atom. The second kappa shape index (κ2) is 70.9. The number of esters is 4. The van der Waals surface area contributed by atoms with Crippen molar-refractivity contribution < 1.29 is 80.2 Å². The maximum atomic E-state index is 13.1. The van der Waals surface area contributed by atoms with Gasteiger partial charge in [-0.3, -0.25) is 37.3 Å². The third-order valence-corrected chi connectivity index (χ3v) is 17.3. The zero-order valence-electron chi connectivity index (χ0n) is 61.2. The number of phosphoric ester groups is 2. The Kier molecular flexibility index (Phi) is 67.6. The summed E-state index contributed by atoms with van der Waals surface area (Å²) in [6, 6.07) is 0. The Morgan fingerprint density at radius 3 is 0.867 bits per heavy atom. The summed E-state index contributed by atoms with van der Waals surface area (Å²) in [5.74, 6) is -2.27. The number of allylic oxidation sites excluding steroid dienone is 20. The first-order chi connectivity index (χ1) is 47.7. The first kappa shape index (κ1) is 93.5. The molecule has 0 aliphatic rings. The van der Waals surface area contributed by atoms with Crippen molar-refractivity contribution in [1.82, 2.24) is 0 Å². The van der Waals surface area contributed by atoms with Gasteiger partial charge in [0.2, 0.25) is 0 Å². The van der Waals surface area contributed by atoms with E-state index >= 15 is 0 Å². The molecule has 0 fully saturated rings. The zero-order valence-corrected chi connectivity index (χ0v) is 63.0. The van der Waals surface area contributed by atoms with Crippen molar-refractivity contribution in [2.75, 3.05) is 39.6 Å². The topological polar surface area (TPSA) is 237 Å². The van der Waals surface area contributed by atoms with Gasteiger partial charge in [0.25, 0.3) is 0 Å². The molecule has 5 atom stereocenters. The van der Waals surface area contributed by atoms with Gasteiger partial charge in [0, 0.05) is 25.7 Å². The second-order valence-electron chi connectivity index (χ2n) is 24.8. The normalized spacial score (nSPS) is 14.6. The van der Waals surface area contributed by atoms with Gasteiger partial charge in [-0.25, -0.2) is 9.13 Å². The van der Waals surface area contributed by atoms with Gasteiger partial charge in [-0.15, -0.1) is 0 Å². The van der Waals surface area contributed by atoms with Crippen LogP contribution in [0.4, 0.5) is 0 Å². The van der Waals surface area contributed by atoms with Crippen molar-refractivity contribution in [2.45, 2.75) is 316 Å². The van der Waals surface area contributed by atoms with Crippen LogP contribution in [-0.2, 0) is 65.4 Å². The molecule has 0 aliphatic carbocycles. The first-order valence-electron chi connectivity index (χ1n) is 37.8. The summed E-state index contributed by atoms with van der Waals surface area (Å²) in [5, 5.41) is 10.6. The molecule has 98 heavy (non-hydrogen) atoms. The number of ether oxygens (including phenoxy) is 4. The van der Waals surface area contributed by atoms with Gasteiger partial charge < -0.3 is 33.8 Å². The maximum absolute atomic E-state index is 13.1. The molecule has 0 heterocycles. The highest BCUT2D eigenvalue weighted by molar-refractivity contribution is 7.47. The molecule has 0 spiro atoms. The summed E-state index contributed by atoms with van der Waals surface area (Å²) >= 11 is 0. The Bertz CT molecular complexity index is 2340. The lowest BCUT2D eigenvalue weighted by molar-refractivity contribution is -0.161. The fourth-order valence-corrected chi connectivity index (χ4v) is 11.2. The van der Waals surface area contributed by atoms with Crippen LogP contribution in [0.1, 0.15) is 297 Å². The number of carbonyl (C=O) groups is 4. The Hall–Kier alpha value is -4.54. The van der Waals surface area contributed by atoms with Crippen LogP contribution in [0.25, 0.3) is 0 Å². The van der Waals surface area contributed by atoms with Crippen LogP contribution in [0.15, 0.2) is 122 Å². The predicted octanol–water partition coefficient (Wildman–Crippen LogP) is 21.6. The highest BCUT2D eigenvalue weighted by Crippen LogP contribution is 2.45. The van der Waals surface area contributed by atoms with Crippen LogP contribution >= 0.6 is 15.6 Å². The predicted molar refractivity (Wildman–Crippen MR) is 399 cm³/mol. The molecular weight excluding hydrogens is 1280 g/mol. The van der Waals surface area contributed by atoms with Crippen molar-refractivity contribution in [3.8, 4) is 0 Å². The van der Waals surface area contributed by atoms with E-state index in [-0.39, 0.29) is 25.7 Å². The highest BCUT2D eigenvalue weighted by Gasteiger charge is 2.30. The monoisotopic (exact) mass is 1420 g/mol. The molecule has 0 saturated carbocycles. The minimum absolute atomic E-state index is 0.0634. The molecule has 0 aromatic carbocycles. The Labute approximate surface area is 593 Å². The molecule has 17 nitrogen and oxygen atoms in total. The van der Waals surface area contributed by atoms with Gasteiger partial charge in [0.05, 0.1) is 26.4 Å². The summed E-state index contributed by atoms with van der Waals surface area (Å²) < 4.78 is 68.4. The summed E-state index contributed by atoms with van der Waals surface area (Å²) in [5.41, 5.74) is 0. The molecule has 0 radical (unpaired) electrons. The van der Waals surface area contributed by atoms with E-state index in [1.165, 1.54) is 44.9 Å². The molecule has 0 aromatic heterocycles. The molecule has 0 amide bonds. The quantitative estimate of drug-likeness (QED) is 0.0169. The summed E-state index contributed by atoms with van der Waals surface area (Å²) in [4.78, 5) is 72.8. The lowest BCUT2D eigenvalue weighted by atomic mass is 10.1.